The summed E-state index contributed by atoms with van der Waals surface area (Å²) in [5.41, 5.74) is -0.0705. The Kier molecular flexibility index (Phi) is 5.90. The number of rotatable bonds is 8. The van der Waals surface area contributed by atoms with Gasteiger partial charge in [0.05, 0.1) is 19.8 Å². The average molecular weight is 295 g/mol. The molecule has 1 aliphatic heterocycles. The fourth-order valence-electron chi connectivity index (χ4n) is 2.95. The lowest BCUT2D eigenvalue weighted by molar-refractivity contribution is 0.0266. The van der Waals surface area contributed by atoms with Crippen LogP contribution in [0.25, 0.3) is 0 Å². The molecular formula is C15H25N3O3. The first kappa shape index (κ1) is 16.1. The van der Waals surface area contributed by atoms with Gasteiger partial charge in [-0.25, -0.2) is 0 Å². The molecule has 0 aliphatic carbocycles. The van der Waals surface area contributed by atoms with E-state index in [0.29, 0.717) is 31.3 Å². The minimum Gasteiger partial charge on any atom is -0.396 e. The van der Waals surface area contributed by atoms with E-state index in [2.05, 4.69) is 21.6 Å². The molecule has 0 radical (unpaired) electrons. The maximum atomic E-state index is 9.72. The van der Waals surface area contributed by atoms with Crippen LogP contribution in [0.4, 0.5) is 0 Å². The summed E-state index contributed by atoms with van der Waals surface area (Å²) in [6.07, 6.45) is 5.50. The van der Waals surface area contributed by atoms with Crippen LogP contribution < -0.4 is 0 Å². The lowest BCUT2D eigenvalue weighted by Crippen LogP contribution is -2.44. The summed E-state index contributed by atoms with van der Waals surface area (Å²) >= 11 is 0. The Morgan fingerprint density at radius 1 is 1.57 bits per heavy atom. The molecule has 1 aliphatic rings. The zero-order valence-corrected chi connectivity index (χ0v) is 12.8. The van der Waals surface area contributed by atoms with Crippen molar-refractivity contribution in [2.45, 2.75) is 32.2 Å². The van der Waals surface area contributed by atoms with Gasteiger partial charge in [0.15, 0.2) is 5.82 Å². The third-order valence-corrected chi connectivity index (χ3v) is 4.05. The van der Waals surface area contributed by atoms with Crippen molar-refractivity contribution in [2.75, 3.05) is 33.4 Å². The maximum Gasteiger partial charge on any atom is 0.240 e. The normalized spacial score (nSPS) is 23.3. The van der Waals surface area contributed by atoms with Gasteiger partial charge >= 0.3 is 0 Å². The second kappa shape index (κ2) is 7.68. The first-order valence-corrected chi connectivity index (χ1v) is 7.46. The fourth-order valence-corrected chi connectivity index (χ4v) is 2.95. The summed E-state index contributed by atoms with van der Waals surface area (Å²) in [5.74, 6) is 1.32. The summed E-state index contributed by atoms with van der Waals surface area (Å²) in [6, 6.07) is 0. The summed E-state index contributed by atoms with van der Waals surface area (Å²) in [7, 11) is 1.66. The predicted octanol–water partition coefficient (Wildman–Crippen LogP) is 1.41. The fraction of sp³-hybridized carbons (Fsp3) is 0.733. The van der Waals surface area contributed by atoms with Crippen LogP contribution in [0.1, 0.15) is 31.0 Å². The highest BCUT2D eigenvalue weighted by Crippen LogP contribution is 2.33. The smallest absolute Gasteiger partial charge is 0.240 e. The van der Waals surface area contributed by atoms with E-state index in [1.807, 2.05) is 6.08 Å². The van der Waals surface area contributed by atoms with Crippen molar-refractivity contribution in [1.82, 2.24) is 15.0 Å². The summed E-state index contributed by atoms with van der Waals surface area (Å²) < 4.78 is 10.3. The molecule has 1 aromatic heterocycles. The summed E-state index contributed by atoms with van der Waals surface area (Å²) in [4.78, 5) is 6.65. The number of aliphatic hydroxyl groups is 1. The van der Waals surface area contributed by atoms with E-state index < -0.39 is 0 Å². The lowest BCUT2D eigenvalue weighted by Gasteiger charge is -2.40. The third kappa shape index (κ3) is 4.36. The van der Waals surface area contributed by atoms with Crippen LogP contribution in [0.5, 0.6) is 0 Å². The highest BCUT2D eigenvalue weighted by Gasteiger charge is 2.34. The molecule has 1 fully saturated rings. The largest absolute Gasteiger partial charge is 0.396 e. The van der Waals surface area contributed by atoms with Gasteiger partial charge < -0.3 is 14.4 Å². The SMILES string of the molecule is C=CCC1(CO)CCCN(Cc2nc(CCOC)no2)C1. The van der Waals surface area contributed by atoms with E-state index in [0.717, 1.165) is 32.4 Å². The summed E-state index contributed by atoms with van der Waals surface area (Å²) in [5, 5.41) is 13.7. The van der Waals surface area contributed by atoms with Crippen LogP contribution in [-0.2, 0) is 17.7 Å². The minimum atomic E-state index is -0.0705. The molecular weight excluding hydrogens is 270 g/mol. The van der Waals surface area contributed by atoms with Crippen LogP contribution in [0.2, 0.25) is 0 Å². The standard InChI is InChI=1S/C15H25N3O3/c1-3-6-15(12-19)7-4-8-18(11-15)10-14-16-13(17-21-14)5-9-20-2/h3,19H,1,4-12H2,2H3. The number of likely N-dealkylation sites (tertiary alicyclic amines) is 1. The third-order valence-electron chi connectivity index (χ3n) is 4.05. The molecule has 1 atom stereocenters. The predicted molar refractivity (Wildman–Crippen MR) is 78.7 cm³/mol. The molecule has 118 valence electrons. The molecule has 2 heterocycles. The van der Waals surface area contributed by atoms with E-state index in [9.17, 15) is 5.11 Å². The van der Waals surface area contributed by atoms with Gasteiger partial charge in [0.1, 0.15) is 0 Å². The molecule has 1 N–H and O–H groups in total. The zero-order valence-electron chi connectivity index (χ0n) is 12.8. The number of aromatic nitrogens is 2. The van der Waals surface area contributed by atoms with Gasteiger partial charge in [-0.15, -0.1) is 6.58 Å². The van der Waals surface area contributed by atoms with Gasteiger partial charge in [0.2, 0.25) is 5.89 Å². The Morgan fingerprint density at radius 3 is 3.14 bits per heavy atom. The van der Waals surface area contributed by atoms with Crippen LogP contribution in [0.15, 0.2) is 17.2 Å². The Labute approximate surface area is 125 Å². The molecule has 0 spiro atoms. The molecule has 6 nitrogen and oxygen atoms in total. The molecule has 0 saturated carbocycles. The number of allylic oxidation sites excluding steroid dienone is 1. The van der Waals surface area contributed by atoms with Crippen LogP contribution in [-0.4, -0.2) is 53.6 Å². The molecule has 0 bridgehead atoms. The first-order valence-electron chi connectivity index (χ1n) is 7.46. The maximum absolute atomic E-state index is 9.72. The van der Waals surface area contributed by atoms with Crippen molar-refractivity contribution >= 4 is 0 Å². The zero-order chi connectivity index (χ0) is 15.1. The van der Waals surface area contributed by atoms with Gasteiger partial charge in [-0.3, -0.25) is 4.90 Å². The van der Waals surface area contributed by atoms with E-state index in [1.54, 1.807) is 7.11 Å². The number of hydrogen-bond donors (Lipinski definition) is 1. The van der Waals surface area contributed by atoms with Gasteiger partial charge in [-0.2, -0.15) is 4.98 Å². The van der Waals surface area contributed by atoms with E-state index >= 15 is 0 Å². The van der Waals surface area contributed by atoms with E-state index in [4.69, 9.17) is 9.26 Å². The van der Waals surface area contributed by atoms with Gasteiger partial charge in [-0.05, 0) is 25.8 Å². The Morgan fingerprint density at radius 2 is 2.43 bits per heavy atom. The number of aliphatic hydroxyl groups excluding tert-OH is 1. The van der Waals surface area contributed by atoms with Crippen molar-refractivity contribution in [3.8, 4) is 0 Å². The Hall–Kier alpha value is -1.24. The van der Waals surface area contributed by atoms with Crippen molar-refractivity contribution in [3.63, 3.8) is 0 Å². The molecule has 21 heavy (non-hydrogen) atoms. The van der Waals surface area contributed by atoms with Crippen LogP contribution >= 0.6 is 0 Å². The topological polar surface area (TPSA) is 71.6 Å². The number of ether oxygens (including phenoxy) is 1. The monoisotopic (exact) mass is 295 g/mol. The Balaban J connectivity index is 1.92. The second-order valence-corrected chi connectivity index (χ2v) is 5.81. The van der Waals surface area contributed by atoms with Crippen molar-refractivity contribution in [2.24, 2.45) is 5.41 Å². The molecule has 0 aromatic carbocycles. The van der Waals surface area contributed by atoms with E-state index in [-0.39, 0.29) is 12.0 Å². The number of methoxy groups -OCH3 is 1. The number of hydrogen-bond acceptors (Lipinski definition) is 6. The highest BCUT2D eigenvalue weighted by molar-refractivity contribution is 4.94. The quantitative estimate of drug-likeness (QED) is 0.731. The number of nitrogens with zero attached hydrogens (tertiary/aromatic N) is 3. The summed E-state index contributed by atoms with van der Waals surface area (Å²) in [6.45, 7) is 7.06. The minimum absolute atomic E-state index is 0.0705. The molecule has 1 unspecified atom stereocenters. The molecule has 2 rings (SSSR count). The van der Waals surface area contributed by atoms with Gasteiger partial charge in [0, 0.05) is 25.5 Å². The number of piperidine rings is 1. The Bertz CT molecular complexity index is 449. The van der Waals surface area contributed by atoms with Gasteiger partial charge in [0.25, 0.3) is 0 Å². The first-order chi connectivity index (χ1) is 10.2. The van der Waals surface area contributed by atoms with Crippen molar-refractivity contribution in [3.05, 3.63) is 24.4 Å². The van der Waals surface area contributed by atoms with Gasteiger partial charge in [-0.1, -0.05) is 11.2 Å². The highest BCUT2D eigenvalue weighted by atomic mass is 16.5. The van der Waals surface area contributed by atoms with E-state index in [1.165, 1.54) is 0 Å². The molecule has 6 heteroatoms. The van der Waals surface area contributed by atoms with Crippen LogP contribution in [0.3, 0.4) is 0 Å². The molecule has 0 amide bonds. The van der Waals surface area contributed by atoms with Crippen molar-refractivity contribution < 1.29 is 14.4 Å². The molecule has 1 saturated heterocycles. The lowest BCUT2D eigenvalue weighted by atomic mass is 9.78. The molecule has 1 aromatic rings. The average Bonchev–Trinajstić information content (AvgIpc) is 2.93. The van der Waals surface area contributed by atoms with Crippen LogP contribution in [0, 0.1) is 5.41 Å². The second-order valence-electron chi connectivity index (χ2n) is 5.81. The van der Waals surface area contributed by atoms with Crippen molar-refractivity contribution in [1.29, 1.82) is 0 Å².